The monoisotopic (exact) mass is 267 g/mol. The number of quaternary nitrogens is 1. The van der Waals surface area contributed by atoms with Crippen LogP contribution in [-0.4, -0.2) is 47.3 Å². The molecule has 0 aliphatic heterocycles. The molecule has 0 bridgehead atoms. The molecular formula is C14H23N2O3+. The summed E-state index contributed by atoms with van der Waals surface area (Å²) < 4.78 is 10.3. The first-order chi connectivity index (χ1) is 9.08. The van der Waals surface area contributed by atoms with E-state index >= 15 is 0 Å². The van der Waals surface area contributed by atoms with Crippen LogP contribution in [0.3, 0.4) is 0 Å². The second-order valence-electron chi connectivity index (χ2n) is 4.63. The van der Waals surface area contributed by atoms with Gasteiger partial charge in [0, 0.05) is 19.0 Å². The van der Waals surface area contributed by atoms with Gasteiger partial charge in [0.2, 0.25) is 0 Å². The van der Waals surface area contributed by atoms with Crippen molar-refractivity contribution in [1.29, 1.82) is 0 Å². The Bertz CT molecular complexity index is 419. The normalized spacial score (nSPS) is 10.4. The molecule has 5 nitrogen and oxygen atoms in total. The highest BCUT2D eigenvalue weighted by molar-refractivity contribution is 5.97. The number of benzene rings is 1. The predicted octanol–water partition coefficient (Wildman–Crippen LogP) is -0.0318. The lowest BCUT2D eigenvalue weighted by molar-refractivity contribution is -0.858. The van der Waals surface area contributed by atoms with Crippen LogP contribution in [0, 0.1) is 0 Å². The van der Waals surface area contributed by atoms with Crippen LogP contribution in [0.15, 0.2) is 18.2 Å². The zero-order chi connectivity index (χ0) is 14.3. The zero-order valence-corrected chi connectivity index (χ0v) is 12.1. The fourth-order valence-corrected chi connectivity index (χ4v) is 1.73. The Balaban J connectivity index is 2.61. The number of methoxy groups -OCH3 is 2. The first kappa shape index (κ1) is 15.3. The van der Waals surface area contributed by atoms with Crippen molar-refractivity contribution >= 4 is 5.91 Å². The average molecular weight is 267 g/mol. The predicted molar refractivity (Wildman–Crippen MR) is 74.2 cm³/mol. The highest BCUT2D eigenvalue weighted by Gasteiger charge is 2.12. The minimum atomic E-state index is -0.117. The largest absolute Gasteiger partial charge is 0.497 e. The number of ether oxygens (including phenoxy) is 2. The van der Waals surface area contributed by atoms with Crippen molar-refractivity contribution in [3.8, 4) is 11.5 Å². The van der Waals surface area contributed by atoms with E-state index in [1.165, 1.54) is 4.90 Å². The third kappa shape index (κ3) is 4.79. The SMILES string of the molecule is COc1ccc(C(=O)NCCC[NH+](C)C)c(OC)c1. The van der Waals surface area contributed by atoms with Crippen molar-refractivity contribution in [1.82, 2.24) is 5.32 Å². The lowest BCUT2D eigenvalue weighted by Gasteiger charge is -2.11. The molecule has 0 fully saturated rings. The molecule has 0 saturated heterocycles. The molecule has 0 aliphatic rings. The van der Waals surface area contributed by atoms with Gasteiger partial charge in [0.05, 0.1) is 40.4 Å². The number of hydrogen-bond acceptors (Lipinski definition) is 3. The van der Waals surface area contributed by atoms with Crippen LogP contribution in [0.25, 0.3) is 0 Å². The molecule has 0 radical (unpaired) electrons. The molecule has 5 heteroatoms. The summed E-state index contributed by atoms with van der Waals surface area (Å²) in [4.78, 5) is 13.4. The standard InChI is InChI=1S/C14H22N2O3/c1-16(2)9-5-8-15-14(17)12-7-6-11(18-3)10-13(12)19-4/h6-7,10H,5,8-9H2,1-4H3,(H,15,17)/p+1. The van der Waals surface area contributed by atoms with E-state index in [0.717, 1.165) is 13.0 Å². The van der Waals surface area contributed by atoms with Crippen LogP contribution >= 0.6 is 0 Å². The Morgan fingerprint density at radius 3 is 2.58 bits per heavy atom. The summed E-state index contributed by atoms with van der Waals surface area (Å²) in [7, 11) is 7.31. The van der Waals surface area contributed by atoms with Crippen LogP contribution in [0.1, 0.15) is 16.8 Å². The number of amides is 1. The van der Waals surface area contributed by atoms with E-state index in [1.807, 2.05) is 0 Å². The maximum absolute atomic E-state index is 12.0. The number of nitrogens with one attached hydrogen (secondary N) is 2. The Kier molecular flexibility index (Phi) is 6.15. The first-order valence-corrected chi connectivity index (χ1v) is 6.37. The van der Waals surface area contributed by atoms with E-state index in [-0.39, 0.29) is 5.91 Å². The van der Waals surface area contributed by atoms with Gasteiger partial charge in [-0.1, -0.05) is 0 Å². The molecule has 0 atom stereocenters. The molecule has 1 aromatic rings. The fourth-order valence-electron chi connectivity index (χ4n) is 1.73. The second-order valence-corrected chi connectivity index (χ2v) is 4.63. The topological polar surface area (TPSA) is 52.0 Å². The van der Waals surface area contributed by atoms with Crippen LogP contribution in [0.5, 0.6) is 11.5 Å². The molecule has 0 aromatic heterocycles. The molecule has 0 spiro atoms. The van der Waals surface area contributed by atoms with Gasteiger partial charge in [0.15, 0.2) is 0 Å². The van der Waals surface area contributed by atoms with Crippen LogP contribution in [0.2, 0.25) is 0 Å². The van der Waals surface area contributed by atoms with Crippen molar-refractivity contribution in [2.75, 3.05) is 41.4 Å². The summed E-state index contributed by atoms with van der Waals surface area (Å²) >= 11 is 0. The van der Waals surface area contributed by atoms with E-state index in [1.54, 1.807) is 32.4 Å². The van der Waals surface area contributed by atoms with Crippen LogP contribution < -0.4 is 19.7 Å². The fraction of sp³-hybridized carbons (Fsp3) is 0.500. The lowest BCUT2D eigenvalue weighted by Crippen LogP contribution is -3.05. The summed E-state index contributed by atoms with van der Waals surface area (Å²) in [6, 6.07) is 5.17. The van der Waals surface area contributed by atoms with Gasteiger partial charge >= 0.3 is 0 Å². The lowest BCUT2D eigenvalue weighted by atomic mass is 10.1. The average Bonchev–Trinajstić information content (AvgIpc) is 2.42. The highest BCUT2D eigenvalue weighted by atomic mass is 16.5. The van der Waals surface area contributed by atoms with Gasteiger partial charge in [0.1, 0.15) is 11.5 Å². The quantitative estimate of drug-likeness (QED) is 0.682. The van der Waals surface area contributed by atoms with Crippen molar-refractivity contribution in [3.05, 3.63) is 23.8 Å². The molecule has 0 unspecified atom stereocenters. The maximum atomic E-state index is 12.0. The van der Waals surface area contributed by atoms with Gasteiger partial charge in [0.25, 0.3) is 5.91 Å². The zero-order valence-electron chi connectivity index (χ0n) is 12.1. The van der Waals surface area contributed by atoms with E-state index in [9.17, 15) is 4.79 Å². The summed E-state index contributed by atoms with van der Waals surface area (Å²) in [5, 5.41) is 2.89. The van der Waals surface area contributed by atoms with Gasteiger partial charge < -0.3 is 19.7 Å². The molecule has 1 rings (SSSR count). The molecule has 0 aliphatic carbocycles. The van der Waals surface area contributed by atoms with E-state index < -0.39 is 0 Å². The minimum absolute atomic E-state index is 0.117. The Morgan fingerprint density at radius 1 is 1.26 bits per heavy atom. The van der Waals surface area contributed by atoms with Crippen LogP contribution in [-0.2, 0) is 0 Å². The third-order valence-corrected chi connectivity index (χ3v) is 2.79. The van der Waals surface area contributed by atoms with Gasteiger partial charge in [-0.3, -0.25) is 4.79 Å². The smallest absolute Gasteiger partial charge is 0.255 e. The Hall–Kier alpha value is -1.75. The number of hydrogen-bond donors (Lipinski definition) is 2. The minimum Gasteiger partial charge on any atom is -0.497 e. The van der Waals surface area contributed by atoms with E-state index in [2.05, 4.69) is 19.4 Å². The number of rotatable bonds is 7. The molecule has 1 amide bonds. The molecule has 2 N–H and O–H groups in total. The maximum Gasteiger partial charge on any atom is 0.255 e. The first-order valence-electron chi connectivity index (χ1n) is 6.37. The summed E-state index contributed by atoms with van der Waals surface area (Å²) in [6.45, 7) is 1.69. The van der Waals surface area contributed by atoms with Crippen molar-refractivity contribution in [2.24, 2.45) is 0 Å². The molecule has 19 heavy (non-hydrogen) atoms. The molecule has 106 valence electrons. The summed E-state index contributed by atoms with van der Waals surface area (Å²) in [5.41, 5.74) is 0.528. The van der Waals surface area contributed by atoms with Gasteiger partial charge in [-0.2, -0.15) is 0 Å². The Labute approximate surface area is 114 Å². The van der Waals surface area contributed by atoms with Crippen molar-refractivity contribution < 1.29 is 19.2 Å². The summed E-state index contributed by atoms with van der Waals surface area (Å²) in [5.74, 6) is 1.08. The Morgan fingerprint density at radius 2 is 2.00 bits per heavy atom. The van der Waals surface area contributed by atoms with Gasteiger partial charge in [-0.05, 0) is 12.1 Å². The van der Waals surface area contributed by atoms with Crippen LogP contribution in [0.4, 0.5) is 0 Å². The van der Waals surface area contributed by atoms with Crippen molar-refractivity contribution in [2.45, 2.75) is 6.42 Å². The van der Waals surface area contributed by atoms with E-state index in [4.69, 9.17) is 9.47 Å². The highest BCUT2D eigenvalue weighted by Crippen LogP contribution is 2.24. The third-order valence-electron chi connectivity index (χ3n) is 2.79. The van der Waals surface area contributed by atoms with Gasteiger partial charge in [-0.25, -0.2) is 0 Å². The van der Waals surface area contributed by atoms with Gasteiger partial charge in [-0.15, -0.1) is 0 Å². The number of carbonyl (C=O) groups is 1. The molecule has 0 heterocycles. The van der Waals surface area contributed by atoms with Crippen molar-refractivity contribution in [3.63, 3.8) is 0 Å². The molecule has 1 aromatic carbocycles. The molecule has 0 saturated carbocycles. The van der Waals surface area contributed by atoms with E-state index in [0.29, 0.717) is 23.6 Å². The second kappa shape index (κ2) is 7.63. The molecular weight excluding hydrogens is 244 g/mol. The summed E-state index contributed by atoms with van der Waals surface area (Å²) in [6.07, 6.45) is 0.951. The number of carbonyl (C=O) groups excluding carboxylic acids is 1.